The van der Waals surface area contributed by atoms with Gasteiger partial charge < -0.3 is 25.2 Å². The van der Waals surface area contributed by atoms with Crippen molar-refractivity contribution in [1.29, 1.82) is 0 Å². The molecule has 0 aliphatic heterocycles. The van der Waals surface area contributed by atoms with E-state index in [4.69, 9.17) is 9.26 Å². The van der Waals surface area contributed by atoms with Crippen LogP contribution in [0.3, 0.4) is 0 Å². The van der Waals surface area contributed by atoms with Gasteiger partial charge in [-0.25, -0.2) is 4.79 Å². The number of nitrogens with one attached hydrogen (secondary N) is 3. The Labute approximate surface area is 273 Å². The summed E-state index contributed by atoms with van der Waals surface area (Å²) in [6.07, 6.45) is -0.290. The van der Waals surface area contributed by atoms with E-state index in [1.807, 2.05) is 72.8 Å². The summed E-state index contributed by atoms with van der Waals surface area (Å²) in [6, 6.07) is 29.6. The first kappa shape index (κ1) is 32.9. The first-order chi connectivity index (χ1) is 22.5. The SMILES string of the molecule is Cc1noc([C@@H](CNC(=O)[C@@H](Cc2ccc3ccccc3c2)NC(=O)c2cccc(CNC(=O)OC(C)(C)C)c2)c2ccccc2)n1. The Kier molecular flexibility index (Phi) is 10.3. The van der Waals surface area contributed by atoms with Gasteiger partial charge in [-0.3, -0.25) is 9.59 Å². The Morgan fingerprint density at radius 2 is 1.57 bits per heavy atom. The standard InChI is InChI=1S/C37H39N5O5/c1-24-40-35(47-42-24)31(28-13-6-5-7-14-28)23-38-34(44)32(21-25-17-18-27-12-8-9-15-29(27)19-25)41-33(43)30-16-10-11-26(20-30)22-39-36(45)46-37(2,3)4/h5-20,31-32H,21-23H2,1-4H3,(H,38,44)(H,39,45)(H,41,43)/t31-,32+/m0/s1. The van der Waals surface area contributed by atoms with Crippen LogP contribution in [0, 0.1) is 6.92 Å². The molecule has 0 saturated heterocycles. The second-order valence-corrected chi connectivity index (χ2v) is 12.4. The quantitative estimate of drug-likeness (QED) is 0.166. The maximum Gasteiger partial charge on any atom is 0.407 e. The van der Waals surface area contributed by atoms with Crippen LogP contribution in [-0.4, -0.2) is 46.2 Å². The number of fused-ring (bicyclic) bond motifs is 1. The van der Waals surface area contributed by atoms with Crippen molar-refractivity contribution in [2.75, 3.05) is 6.54 Å². The van der Waals surface area contributed by atoms with Crippen LogP contribution in [0.25, 0.3) is 10.8 Å². The van der Waals surface area contributed by atoms with E-state index >= 15 is 0 Å². The number of aryl methyl sites for hydroxylation is 1. The van der Waals surface area contributed by atoms with E-state index in [0.29, 0.717) is 22.8 Å². The highest BCUT2D eigenvalue weighted by atomic mass is 16.6. The minimum absolute atomic E-state index is 0.174. The van der Waals surface area contributed by atoms with E-state index in [-0.39, 0.29) is 31.3 Å². The minimum Gasteiger partial charge on any atom is -0.444 e. The summed E-state index contributed by atoms with van der Waals surface area (Å²) in [4.78, 5) is 44.0. The molecule has 0 saturated carbocycles. The third kappa shape index (κ3) is 9.26. The fourth-order valence-electron chi connectivity index (χ4n) is 5.18. The predicted octanol–water partition coefficient (Wildman–Crippen LogP) is 5.85. The number of hydrogen-bond acceptors (Lipinski definition) is 7. The normalized spacial score (nSPS) is 12.6. The molecule has 0 aliphatic rings. The van der Waals surface area contributed by atoms with Gasteiger partial charge in [0, 0.05) is 25.1 Å². The molecular formula is C37H39N5O5. The zero-order valence-corrected chi connectivity index (χ0v) is 26.9. The number of aromatic nitrogens is 2. The van der Waals surface area contributed by atoms with Crippen molar-refractivity contribution in [3.05, 3.63) is 131 Å². The Bertz CT molecular complexity index is 1850. The lowest BCUT2D eigenvalue weighted by Crippen LogP contribution is -2.49. The molecule has 3 amide bonds. The molecule has 3 N–H and O–H groups in total. The molecule has 0 unspecified atom stereocenters. The van der Waals surface area contributed by atoms with Gasteiger partial charge in [0.15, 0.2) is 5.82 Å². The van der Waals surface area contributed by atoms with Crippen LogP contribution in [0.1, 0.15) is 65.5 Å². The van der Waals surface area contributed by atoms with Crippen molar-refractivity contribution in [2.45, 2.75) is 58.2 Å². The minimum atomic E-state index is -0.895. The summed E-state index contributed by atoms with van der Waals surface area (Å²) in [5.74, 6) is -0.269. The summed E-state index contributed by atoms with van der Waals surface area (Å²) in [7, 11) is 0. The average molecular weight is 634 g/mol. The van der Waals surface area contributed by atoms with Gasteiger partial charge in [0.1, 0.15) is 11.6 Å². The summed E-state index contributed by atoms with van der Waals surface area (Å²) in [5.41, 5.74) is 2.24. The van der Waals surface area contributed by atoms with Gasteiger partial charge in [0.05, 0.1) is 5.92 Å². The fraction of sp³-hybridized carbons (Fsp3) is 0.270. The van der Waals surface area contributed by atoms with E-state index in [1.165, 1.54) is 0 Å². The number of alkyl carbamates (subject to hydrolysis) is 1. The van der Waals surface area contributed by atoms with Crippen LogP contribution >= 0.6 is 0 Å². The van der Waals surface area contributed by atoms with Crippen LogP contribution in [0.2, 0.25) is 0 Å². The second-order valence-electron chi connectivity index (χ2n) is 12.4. The Hall–Kier alpha value is -5.51. The third-order valence-electron chi connectivity index (χ3n) is 7.42. The molecule has 10 nitrogen and oxygen atoms in total. The largest absolute Gasteiger partial charge is 0.444 e. The Morgan fingerprint density at radius 1 is 0.830 bits per heavy atom. The number of ether oxygens (including phenoxy) is 1. The maximum absolute atomic E-state index is 13.9. The van der Waals surface area contributed by atoms with Crippen molar-refractivity contribution < 1.29 is 23.6 Å². The zero-order valence-electron chi connectivity index (χ0n) is 26.9. The number of hydrogen-bond donors (Lipinski definition) is 3. The van der Waals surface area contributed by atoms with Crippen LogP contribution < -0.4 is 16.0 Å². The van der Waals surface area contributed by atoms with Gasteiger partial charge in [-0.15, -0.1) is 0 Å². The molecule has 2 atom stereocenters. The first-order valence-corrected chi connectivity index (χ1v) is 15.5. The number of amides is 3. The highest BCUT2D eigenvalue weighted by Gasteiger charge is 2.26. The fourth-order valence-corrected chi connectivity index (χ4v) is 5.18. The number of nitrogens with zero attached hydrogens (tertiary/aromatic N) is 2. The molecule has 0 fully saturated rings. The summed E-state index contributed by atoms with van der Waals surface area (Å²) < 4.78 is 10.8. The van der Waals surface area contributed by atoms with Crippen molar-refractivity contribution in [2.24, 2.45) is 0 Å². The number of carbonyl (C=O) groups is 3. The summed E-state index contributed by atoms with van der Waals surface area (Å²) >= 11 is 0. The van der Waals surface area contributed by atoms with Crippen LogP contribution in [0.15, 0.2) is 102 Å². The highest BCUT2D eigenvalue weighted by molar-refractivity contribution is 5.98. The zero-order chi connectivity index (χ0) is 33.4. The van der Waals surface area contributed by atoms with Crippen molar-refractivity contribution in [3.8, 4) is 0 Å². The molecule has 5 rings (SSSR count). The molecule has 4 aromatic carbocycles. The molecule has 10 heteroatoms. The van der Waals surface area contributed by atoms with Crippen LogP contribution in [0.5, 0.6) is 0 Å². The Balaban J connectivity index is 1.34. The molecule has 0 aliphatic carbocycles. The van der Waals surface area contributed by atoms with Crippen molar-refractivity contribution >= 4 is 28.7 Å². The Morgan fingerprint density at radius 3 is 2.30 bits per heavy atom. The topological polar surface area (TPSA) is 135 Å². The number of rotatable bonds is 11. The molecule has 1 aromatic heterocycles. The lowest BCUT2D eigenvalue weighted by molar-refractivity contribution is -0.123. The van der Waals surface area contributed by atoms with Crippen LogP contribution in [-0.2, 0) is 22.5 Å². The van der Waals surface area contributed by atoms with Gasteiger partial charge in [0.25, 0.3) is 5.91 Å². The molecular weight excluding hydrogens is 594 g/mol. The van der Waals surface area contributed by atoms with Gasteiger partial charge >= 0.3 is 6.09 Å². The van der Waals surface area contributed by atoms with Gasteiger partial charge in [-0.2, -0.15) is 4.98 Å². The summed E-state index contributed by atoms with van der Waals surface area (Å²) in [5, 5.41) is 14.7. The van der Waals surface area contributed by atoms with Crippen molar-refractivity contribution in [1.82, 2.24) is 26.1 Å². The first-order valence-electron chi connectivity index (χ1n) is 15.5. The van der Waals surface area contributed by atoms with Gasteiger partial charge in [0.2, 0.25) is 11.8 Å². The van der Waals surface area contributed by atoms with E-state index in [0.717, 1.165) is 21.9 Å². The number of carbonyl (C=O) groups excluding carboxylic acids is 3. The van der Waals surface area contributed by atoms with Gasteiger partial charge in [-0.1, -0.05) is 90.1 Å². The second kappa shape index (κ2) is 14.7. The highest BCUT2D eigenvalue weighted by Crippen LogP contribution is 2.23. The molecule has 0 bridgehead atoms. The van der Waals surface area contributed by atoms with Crippen LogP contribution in [0.4, 0.5) is 4.79 Å². The monoisotopic (exact) mass is 633 g/mol. The lowest BCUT2D eigenvalue weighted by Gasteiger charge is -2.21. The third-order valence-corrected chi connectivity index (χ3v) is 7.42. The van der Waals surface area contributed by atoms with E-state index in [2.05, 4.69) is 26.1 Å². The average Bonchev–Trinajstić information content (AvgIpc) is 3.48. The van der Waals surface area contributed by atoms with E-state index in [1.54, 1.807) is 52.0 Å². The number of benzene rings is 4. The molecule has 47 heavy (non-hydrogen) atoms. The van der Waals surface area contributed by atoms with E-state index in [9.17, 15) is 14.4 Å². The molecule has 5 aromatic rings. The molecule has 242 valence electrons. The predicted molar refractivity (Wildman–Crippen MR) is 179 cm³/mol. The lowest BCUT2D eigenvalue weighted by atomic mass is 9.98. The molecule has 1 heterocycles. The van der Waals surface area contributed by atoms with Crippen molar-refractivity contribution in [3.63, 3.8) is 0 Å². The van der Waals surface area contributed by atoms with Gasteiger partial charge in [-0.05, 0) is 67.3 Å². The molecule has 0 spiro atoms. The van der Waals surface area contributed by atoms with E-state index < -0.39 is 23.6 Å². The smallest absolute Gasteiger partial charge is 0.407 e. The maximum atomic E-state index is 13.9. The summed E-state index contributed by atoms with van der Waals surface area (Å²) in [6.45, 7) is 7.46. The molecule has 0 radical (unpaired) electrons.